The van der Waals surface area contributed by atoms with Gasteiger partial charge in [0.05, 0.1) is 12.6 Å². The monoisotopic (exact) mass is 392 g/mol. The number of hydrogen-bond acceptors (Lipinski definition) is 5. The van der Waals surface area contributed by atoms with Crippen molar-refractivity contribution < 1.29 is 9.53 Å². The van der Waals surface area contributed by atoms with Crippen molar-refractivity contribution in [1.29, 1.82) is 0 Å². The molecule has 1 saturated heterocycles. The lowest BCUT2D eigenvalue weighted by atomic mass is 10.0. The maximum Gasteiger partial charge on any atom is 0.258 e. The lowest BCUT2D eigenvalue weighted by molar-refractivity contribution is -0.122. The highest BCUT2D eigenvalue weighted by Gasteiger charge is 2.31. The largest absolute Gasteiger partial charge is 0.493 e. The zero-order valence-electron chi connectivity index (χ0n) is 16.7. The predicted octanol–water partition coefficient (Wildman–Crippen LogP) is 3.59. The normalized spacial score (nSPS) is 19.1. The number of nitrogens with zero attached hydrogens (tertiary/aromatic N) is 1. The third kappa shape index (κ3) is 6.27. The average Bonchev–Trinajstić information content (AvgIpc) is 3.25. The molecule has 0 aliphatic carbocycles. The third-order valence-electron chi connectivity index (χ3n) is 4.69. The standard InChI is InChI=1S/C23H28N4O2/c1-2-3-16-29-22-14-8-7-13-19(22)20-17-21(26-25-20)23(28)27-24-15-9-12-18-10-5-4-6-11-18/h4-15,20-21,25-26H,2-3,16-17H2,1H3,(H,27,28)/b12-9+,24-15+. The number of rotatable bonds is 9. The van der Waals surface area contributed by atoms with Crippen LogP contribution >= 0.6 is 0 Å². The minimum atomic E-state index is -0.362. The molecule has 0 aromatic heterocycles. The molecule has 0 spiro atoms. The van der Waals surface area contributed by atoms with Crippen molar-refractivity contribution in [2.75, 3.05) is 6.61 Å². The van der Waals surface area contributed by atoms with Crippen LogP contribution in [0.15, 0.2) is 65.8 Å². The SMILES string of the molecule is CCCCOc1ccccc1C1CC(C(=O)N/N=C/C=C/c2ccccc2)NN1. The molecule has 2 aromatic rings. The van der Waals surface area contributed by atoms with E-state index in [4.69, 9.17) is 4.74 Å². The lowest BCUT2D eigenvalue weighted by Crippen LogP contribution is -2.41. The second-order valence-electron chi connectivity index (χ2n) is 6.89. The zero-order valence-corrected chi connectivity index (χ0v) is 16.7. The van der Waals surface area contributed by atoms with Crippen LogP contribution in [-0.2, 0) is 4.79 Å². The first-order valence-electron chi connectivity index (χ1n) is 10.1. The maximum absolute atomic E-state index is 12.4. The number of hydrogen-bond donors (Lipinski definition) is 3. The summed E-state index contributed by atoms with van der Waals surface area (Å²) >= 11 is 0. The highest BCUT2D eigenvalue weighted by atomic mass is 16.5. The lowest BCUT2D eigenvalue weighted by Gasteiger charge is -2.15. The van der Waals surface area contributed by atoms with Gasteiger partial charge in [0.2, 0.25) is 0 Å². The van der Waals surface area contributed by atoms with Gasteiger partial charge in [-0.15, -0.1) is 0 Å². The fraction of sp³-hybridized carbons (Fsp3) is 0.304. The van der Waals surface area contributed by atoms with E-state index in [0.29, 0.717) is 13.0 Å². The molecule has 2 unspecified atom stereocenters. The molecule has 0 saturated carbocycles. The summed E-state index contributed by atoms with van der Waals surface area (Å²) in [6.45, 7) is 2.84. The number of nitrogens with one attached hydrogen (secondary N) is 3. The molecule has 6 heteroatoms. The highest BCUT2D eigenvalue weighted by molar-refractivity contribution is 5.84. The van der Waals surface area contributed by atoms with E-state index in [-0.39, 0.29) is 18.0 Å². The number of unbranched alkanes of at least 4 members (excludes halogenated alkanes) is 1. The van der Waals surface area contributed by atoms with Crippen LogP contribution < -0.4 is 21.0 Å². The first-order chi connectivity index (χ1) is 14.3. The fourth-order valence-corrected chi connectivity index (χ4v) is 3.10. The Morgan fingerprint density at radius 3 is 2.79 bits per heavy atom. The molecule has 152 valence electrons. The van der Waals surface area contributed by atoms with Crippen molar-refractivity contribution in [3.63, 3.8) is 0 Å². The zero-order chi connectivity index (χ0) is 20.3. The number of hydrazine groups is 1. The molecular formula is C23H28N4O2. The summed E-state index contributed by atoms with van der Waals surface area (Å²) in [6, 6.07) is 17.5. The van der Waals surface area contributed by atoms with E-state index in [1.54, 1.807) is 12.3 Å². The second-order valence-corrected chi connectivity index (χ2v) is 6.89. The summed E-state index contributed by atoms with van der Waals surface area (Å²) in [7, 11) is 0. The van der Waals surface area contributed by atoms with E-state index in [1.165, 1.54) is 0 Å². The summed E-state index contributed by atoms with van der Waals surface area (Å²) in [5, 5.41) is 3.99. The van der Waals surface area contributed by atoms with Crippen LogP contribution in [0, 0.1) is 0 Å². The Hall–Kier alpha value is -2.96. The number of hydrazone groups is 1. The van der Waals surface area contributed by atoms with Crippen LogP contribution in [0.3, 0.4) is 0 Å². The number of carbonyl (C=O) groups is 1. The van der Waals surface area contributed by atoms with Crippen LogP contribution in [-0.4, -0.2) is 24.8 Å². The van der Waals surface area contributed by atoms with Crippen molar-refractivity contribution in [3.05, 3.63) is 71.8 Å². The van der Waals surface area contributed by atoms with Gasteiger partial charge in [-0.25, -0.2) is 16.3 Å². The van der Waals surface area contributed by atoms with E-state index in [0.717, 1.165) is 29.7 Å². The fourth-order valence-electron chi connectivity index (χ4n) is 3.10. The van der Waals surface area contributed by atoms with E-state index >= 15 is 0 Å². The first-order valence-corrected chi connectivity index (χ1v) is 10.1. The van der Waals surface area contributed by atoms with Crippen molar-refractivity contribution in [2.45, 2.75) is 38.3 Å². The van der Waals surface area contributed by atoms with Gasteiger partial charge in [0.25, 0.3) is 5.91 Å². The van der Waals surface area contributed by atoms with Crippen molar-refractivity contribution >= 4 is 18.2 Å². The van der Waals surface area contributed by atoms with Crippen molar-refractivity contribution in [2.24, 2.45) is 5.10 Å². The maximum atomic E-state index is 12.4. The molecular weight excluding hydrogens is 364 g/mol. The topological polar surface area (TPSA) is 74.8 Å². The average molecular weight is 393 g/mol. The molecule has 6 nitrogen and oxygen atoms in total. The van der Waals surface area contributed by atoms with E-state index in [9.17, 15) is 4.79 Å². The molecule has 1 fully saturated rings. The van der Waals surface area contributed by atoms with Gasteiger partial charge in [0.15, 0.2) is 0 Å². The molecule has 2 atom stereocenters. The summed E-state index contributed by atoms with van der Waals surface area (Å²) in [6.07, 6.45) is 8.03. The van der Waals surface area contributed by atoms with Crippen LogP contribution in [0.25, 0.3) is 6.08 Å². The first kappa shape index (κ1) is 20.8. The number of para-hydroxylation sites is 1. The van der Waals surface area contributed by atoms with Crippen LogP contribution in [0.5, 0.6) is 5.75 Å². The van der Waals surface area contributed by atoms with Gasteiger partial charge in [-0.05, 0) is 30.5 Å². The number of allylic oxidation sites excluding steroid dienone is 1. The Morgan fingerprint density at radius 1 is 1.17 bits per heavy atom. The summed E-state index contributed by atoms with van der Waals surface area (Å²) in [5.41, 5.74) is 11.0. The number of carbonyl (C=O) groups excluding carboxylic acids is 1. The Morgan fingerprint density at radius 2 is 1.97 bits per heavy atom. The van der Waals surface area contributed by atoms with Crippen LogP contribution in [0.1, 0.15) is 43.4 Å². The molecule has 1 aliphatic heterocycles. The highest BCUT2D eigenvalue weighted by Crippen LogP contribution is 2.30. The molecule has 29 heavy (non-hydrogen) atoms. The van der Waals surface area contributed by atoms with Gasteiger partial charge in [-0.2, -0.15) is 5.10 Å². The smallest absolute Gasteiger partial charge is 0.258 e. The number of ether oxygens (including phenoxy) is 1. The molecule has 1 heterocycles. The van der Waals surface area contributed by atoms with Crippen LogP contribution in [0.4, 0.5) is 0 Å². The Kier molecular flexibility index (Phi) is 7.98. The van der Waals surface area contributed by atoms with Gasteiger partial charge in [-0.1, -0.05) is 68.0 Å². The van der Waals surface area contributed by atoms with Crippen molar-refractivity contribution in [1.82, 2.24) is 16.3 Å². The van der Waals surface area contributed by atoms with E-state index < -0.39 is 0 Å². The Bertz CT molecular complexity index is 836. The Balaban J connectivity index is 1.50. The molecule has 0 bridgehead atoms. The number of amides is 1. The van der Waals surface area contributed by atoms with Gasteiger partial charge < -0.3 is 4.74 Å². The van der Waals surface area contributed by atoms with Crippen molar-refractivity contribution in [3.8, 4) is 5.75 Å². The van der Waals surface area contributed by atoms with Gasteiger partial charge in [-0.3, -0.25) is 4.79 Å². The third-order valence-corrected chi connectivity index (χ3v) is 4.69. The molecule has 3 N–H and O–H groups in total. The van der Waals surface area contributed by atoms with E-state index in [1.807, 2.05) is 60.7 Å². The minimum absolute atomic E-state index is 0.00512. The molecule has 2 aromatic carbocycles. The summed E-state index contributed by atoms with van der Waals surface area (Å²) in [4.78, 5) is 12.4. The minimum Gasteiger partial charge on any atom is -0.493 e. The molecule has 1 amide bonds. The molecule has 0 radical (unpaired) electrons. The quantitative estimate of drug-likeness (QED) is 0.346. The van der Waals surface area contributed by atoms with Crippen LogP contribution in [0.2, 0.25) is 0 Å². The predicted molar refractivity (Wildman–Crippen MR) is 116 cm³/mol. The molecule has 3 rings (SSSR count). The van der Waals surface area contributed by atoms with Gasteiger partial charge in [0, 0.05) is 11.8 Å². The Labute approximate surface area is 172 Å². The second kappa shape index (κ2) is 11.1. The summed E-state index contributed by atoms with van der Waals surface area (Å²) in [5.74, 6) is 0.694. The van der Waals surface area contributed by atoms with Gasteiger partial charge >= 0.3 is 0 Å². The summed E-state index contributed by atoms with van der Waals surface area (Å²) < 4.78 is 5.91. The molecule has 1 aliphatic rings. The van der Waals surface area contributed by atoms with E-state index in [2.05, 4.69) is 28.3 Å². The van der Waals surface area contributed by atoms with Gasteiger partial charge in [0.1, 0.15) is 11.8 Å². The number of benzene rings is 2.